The van der Waals surface area contributed by atoms with Crippen LogP contribution in [0.3, 0.4) is 0 Å². The molecule has 1 aromatic heterocycles. The lowest BCUT2D eigenvalue weighted by atomic mass is 10.2. The first-order valence-corrected chi connectivity index (χ1v) is 8.57. The van der Waals surface area contributed by atoms with Crippen LogP contribution in [0.2, 0.25) is 5.02 Å². The maximum Gasteiger partial charge on any atom is 0.336 e. The molecule has 1 heterocycles. The summed E-state index contributed by atoms with van der Waals surface area (Å²) >= 11 is 5.94. The van der Waals surface area contributed by atoms with E-state index >= 15 is 0 Å². The topological polar surface area (TPSA) is 44.0 Å². The zero-order valence-corrected chi connectivity index (χ0v) is 14.6. The lowest BCUT2D eigenvalue weighted by molar-refractivity contribution is 0.714. The van der Waals surface area contributed by atoms with Gasteiger partial charge in [-0.25, -0.2) is 9.36 Å². The van der Waals surface area contributed by atoms with Gasteiger partial charge in [0.2, 0.25) is 0 Å². The van der Waals surface area contributed by atoms with Crippen molar-refractivity contribution in [3.63, 3.8) is 0 Å². The minimum Gasteiger partial charge on any atom is -0.288 e. The van der Waals surface area contributed by atoms with Gasteiger partial charge in [-0.2, -0.15) is 0 Å². The Kier molecular flexibility index (Phi) is 4.19. The van der Waals surface area contributed by atoms with Crippen molar-refractivity contribution >= 4 is 22.5 Å². The van der Waals surface area contributed by atoms with Crippen LogP contribution in [-0.2, 0) is 6.54 Å². The van der Waals surface area contributed by atoms with E-state index in [1.165, 1.54) is 4.57 Å². The molecule has 0 fully saturated rings. The van der Waals surface area contributed by atoms with Crippen LogP contribution in [0.5, 0.6) is 0 Å². The van der Waals surface area contributed by atoms with Crippen LogP contribution < -0.4 is 11.2 Å². The molecular weight excluding hydrogens is 348 g/mol. The first kappa shape index (κ1) is 16.4. The number of fused-ring (bicyclic) bond motifs is 1. The van der Waals surface area contributed by atoms with Crippen LogP contribution in [0.1, 0.15) is 5.56 Å². The standard InChI is InChI=1S/C21H15ClN2O2/c22-16-10-12-17(13-11-16)24-20(25)18-8-4-5-9-19(18)23(21(24)26)14-15-6-2-1-3-7-15/h1-13H,14H2. The molecule has 0 N–H and O–H groups in total. The fraction of sp³-hybridized carbons (Fsp3) is 0.0476. The summed E-state index contributed by atoms with van der Waals surface area (Å²) in [6.45, 7) is 0.383. The van der Waals surface area contributed by atoms with Gasteiger partial charge in [-0.15, -0.1) is 0 Å². The molecule has 128 valence electrons. The van der Waals surface area contributed by atoms with Crippen LogP contribution in [0.4, 0.5) is 0 Å². The van der Waals surface area contributed by atoms with Gasteiger partial charge in [0.05, 0.1) is 23.1 Å². The van der Waals surface area contributed by atoms with Gasteiger partial charge in [-0.3, -0.25) is 9.36 Å². The van der Waals surface area contributed by atoms with Crippen molar-refractivity contribution in [3.8, 4) is 5.69 Å². The fourth-order valence-corrected chi connectivity index (χ4v) is 3.18. The van der Waals surface area contributed by atoms with Gasteiger partial charge in [0.25, 0.3) is 5.56 Å². The monoisotopic (exact) mass is 362 g/mol. The van der Waals surface area contributed by atoms with E-state index < -0.39 is 0 Å². The number of aromatic nitrogens is 2. The molecule has 4 aromatic rings. The third-order valence-corrected chi connectivity index (χ3v) is 4.57. The number of hydrogen-bond acceptors (Lipinski definition) is 2. The molecule has 0 saturated carbocycles. The van der Waals surface area contributed by atoms with E-state index in [1.807, 2.05) is 36.4 Å². The molecule has 26 heavy (non-hydrogen) atoms. The summed E-state index contributed by atoms with van der Waals surface area (Å²) in [5.74, 6) is 0. The highest BCUT2D eigenvalue weighted by molar-refractivity contribution is 6.30. The molecule has 0 amide bonds. The molecule has 4 rings (SSSR count). The maximum atomic E-state index is 13.2. The van der Waals surface area contributed by atoms with Crippen molar-refractivity contribution in [2.75, 3.05) is 0 Å². The van der Waals surface area contributed by atoms with E-state index in [0.717, 1.165) is 5.56 Å². The highest BCUT2D eigenvalue weighted by atomic mass is 35.5. The fourth-order valence-electron chi connectivity index (χ4n) is 3.06. The Morgan fingerprint density at radius 1 is 0.769 bits per heavy atom. The average Bonchev–Trinajstić information content (AvgIpc) is 2.67. The summed E-state index contributed by atoms with van der Waals surface area (Å²) in [7, 11) is 0. The molecule has 5 heteroatoms. The van der Waals surface area contributed by atoms with Gasteiger partial charge in [-0.1, -0.05) is 54.1 Å². The minimum absolute atomic E-state index is 0.336. The van der Waals surface area contributed by atoms with E-state index in [4.69, 9.17) is 11.6 Å². The predicted octanol–water partition coefficient (Wildman–Crippen LogP) is 3.85. The lowest BCUT2D eigenvalue weighted by Gasteiger charge is -2.14. The van der Waals surface area contributed by atoms with Gasteiger partial charge in [0.1, 0.15) is 0 Å². The normalized spacial score (nSPS) is 11.0. The van der Waals surface area contributed by atoms with E-state index in [9.17, 15) is 9.59 Å². The number of nitrogens with zero attached hydrogens (tertiary/aromatic N) is 2. The Bertz CT molecular complexity index is 1190. The highest BCUT2D eigenvalue weighted by Crippen LogP contribution is 2.14. The molecule has 0 saturated heterocycles. The van der Waals surface area contributed by atoms with Crippen LogP contribution in [-0.4, -0.2) is 9.13 Å². The largest absolute Gasteiger partial charge is 0.336 e. The molecule has 0 aliphatic heterocycles. The number of benzene rings is 3. The van der Waals surface area contributed by atoms with Gasteiger partial charge in [-0.05, 0) is 42.0 Å². The molecule has 3 aromatic carbocycles. The SMILES string of the molecule is O=c1c2ccccc2n(Cc2ccccc2)c(=O)n1-c1ccc(Cl)cc1. The molecule has 0 radical (unpaired) electrons. The van der Waals surface area contributed by atoms with Crippen LogP contribution in [0.25, 0.3) is 16.6 Å². The smallest absolute Gasteiger partial charge is 0.288 e. The maximum absolute atomic E-state index is 13.2. The van der Waals surface area contributed by atoms with Gasteiger partial charge < -0.3 is 0 Å². The second-order valence-corrected chi connectivity index (χ2v) is 6.42. The van der Waals surface area contributed by atoms with Crippen molar-refractivity contribution in [1.82, 2.24) is 9.13 Å². The highest BCUT2D eigenvalue weighted by Gasteiger charge is 2.14. The third-order valence-electron chi connectivity index (χ3n) is 4.32. The van der Waals surface area contributed by atoms with Crippen LogP contribution in [0.15, 0.2) is 88.5 Å². The van der Waals surface area contributed by atoms with Gasteiger partial charge in [0, 0.05) is 5.02 Å². The predicted molar refractivity (Wildman–Crippen MR) is 104 cm³/mol. The Hall–Kier alpha value is -3.11. The lowest BCUT2D eigenvalue weighted by Crippen LogP contribution is -2.39. The van der Waals surface area contributed by atoms with Crippen molar-refractivity contribution in [3.05, 3.63) is 110 Å². The van der Waals surface area contributed by atoms with Crippen molar-refractivity contribution in [2.24, 2.45) is 0 Å². The summed E-state index contributed by atoms with van der Waals surface area (Å²) in [4.78, 5) is 26.1. The first-order chi connectivity index (χ1) is 12.6. The Balaban J connectivity index is 2.03. The van der Waals surface area contributed by atoms with Gasteiger partial charge in [0.15, 0.2) is 0 Å². The average molecular weight is 363 g/mol. The third kappa shape index (κ3) is 2.85. The molecule has 0 aliphatic carbocycles. The number of hydrogen-bond donors (Lipinski definition) is 0. The molecule has 4 nitrogen and oxygen atoms in total. The van der Waals surface area contributed by atoms with Crippen molar-refractivity contribution < 1.29 is 0 Å². The summed E-state index contributed by atoms with van der Waals surface area (Å²) in [5, 5.41) is 1.05. The number of rotatable bonds is 3. The van der Waals surface area contributed by atoms with Gasteiger partial charge >= 0.3 is 5.69 Å². The summed E-state index contributed by atoms with van der Waals surface area (Å²) in [6, 6.07) is 23.5. The van der Waals surface area contributed by atoms with E-state index in [2.05, 4.69) is 0 Å². The summed E-state index contributed by atoms with van der Waals surface area (Å²) < 4.78 is 2.82. The quantitative estimate of drug-likeness (QED) is 0.555. The molecule has 0 unspecified atom stereocenters. The Morgan fingerprint density at radius 2 is 1.42 bits per heavy atom. The Labute approximate surface area is 154 Å². The van der Waals surface area contributed by atoms with Crippen LogP contribution in [0, 0.1) is 0 Å². The van der Waals surface area contributed by atoms with E-state index in [0.29, 0.717) is 28.2 Å². The van der Waals surface area contributed by atoms with E-state index in [-0.39, 0.29) is 11.2 Å². The van der Waals surface area contributed by atoms with Crippen molar-refractivity contribution in [2.45, 2.75) is 6.54 Å². The Morgan fingerprint density at radius 3 is 2.15 bits per heavy atom. The molecular formula is C21H15ClN2O2. The number of halogens is 1. The van der Waals surface area contributed by atoms with E-state index in [1.54, 1.807) is 47.0 Å². The molecule has 0 aliphatic rings. The van der Waals surface area contributed by atoms with Crippen molar-refractivity contribution in [1.29, 1.82) is 0 Å². The second-order valence-electron chi connectivity index (χ2n) is 5.99. The number of para-hydroxylation sites is 1. The minimum atomic E-state index is -0.375. The first-order valence-electron chi connectivity index (χ1n) is 8.19. The molecule has 0 atom stereocenters. The zero-order valence-electron chi connectivity index (χ0n) is 13.8. The zero-order chi connectivity index (χ0) is 18.1. The second kappa shape index (κ2) is 6.65. The summed E-state index contributed by atoms with van der Waals surface area (Å²) in [6.07, 6.45) is 0. The van der Waals surface area contributed by atoms with Crippen LogP contribution >= 0.6 is 11.6 Å². The molecule has 0 bridgehead atoms. The summed E-state index contributed by atoms with van der Waals surface area (Å²) in [5.41, 5.74) is 1.40. The molecule has 0 spiro atoms.